The molecule has 0 radical (unpaired) electrons. The summed E-state index contributed by atoms with van der Waals surface area (Å²) >= 11 is 0. The molecule has 3 rings (SSSR count). The van der Waals surface area contributed by atoms with Crippen LogP contribution < -0.4 is 10.1 Å². The molecule has 2 aromatic rings. The molecule has 0 aliphatic heterocycles. The lowest BCUT2D eigenvalue weighted by molar-refractivity contribution is -0.137. The van der Waals surface area contributed by atoms with Gasteiger partial charge >= 0.3 is 12.3 Å². The molecule has 37 heavy (non-hydrogen) atoms. The minimum absolute atomic E-state index is 0.0134. The Labute approximate surface area is 213 Å². The third kappa shape index (κ3) is 8.15. The molecule has 1 saturated carbocycles. The van der Waals surface area contributed by atoms with Gasteiger partial charge in [0, 0.05) is 25.1 Å². The fourth-order valence-corrected chi connectivity index (χ4v) is 3.30. The van der Waals surface area contributed by atoms with Crippen molar-refractivity contribution < 1.29 is 37.3 Å². The van der Waals surface area contributed by atoms with Gasteiger partial charge in [-0.15, -0.1) is 10.2 Å². The summed E-state index contributed by atoms with van der Waals surface area (Å²) in [4.78, 5) is 17.8. The maximum absolute atomic E-state index is 13.3. The second-order valence-electron chi connectivity index (χ2n) is 9.63. The Hall–Kier alpha value is -3.19. The van der Waals surface area contributed by atoms with Crippen molar-refractivity contribution in [3.8, 4) is 17.0 Å². The number of hydrogen-bond donors (Lipinski definition) is 2. The van der Waals surface area contributed by atoms with Crippen LogP contribution in [0.15, 0.2) is 18.2 Å². The number of hydrogen-bond acceptors (Lipinski definition) is 9. The molecule has 204 valence electrons. The highest BCUT2D eigenvalue weighted by Crippen LogP contribution is 2.45. The first kappa shape index (κ1) is 28.4. The number of carbonyl (C=O) groups is 1. The van der Waals surface area contributed by atoms with Crippen LogP contribution in [-0.4, -0.2) is 70.1 Å². The quantitative estimate of drug-likeness (QED) is 0.342. The minimum atomic E-state index is -4.55. The van der Waals surface area contributed by atoms with Crippen LogP contribution in [-0.2, 0) is 15.7 Å². The normalized spacial score (nSPS) is 14.7. The Morgan fingerprint density at radius 1 is 1.24 bits per heavy atom. The van der Waals surface area contributed by atoms with Gasteiger partial charge in [-0.25, -0.2) is 9.78 Å². The van der Waals surface area contributed by atoms with Crippen LogP contribution in [0.5, 0.6) is 5.75 Å². The van der Waals surface area contributed by atoms with Gasteiger partial charge in [-0.2, -0.15) is 13.2 Å². The summed E-state index contributed by atoms with van der Waals surface area (Å²) < 4.78 is 55.8. The molecule has 13 heteroatoms. The van der Waals surface area contributed by atoms with Gasteiger partial charge in [0.15, 0.2) is 6.79 Å². The zero-order valence-electron chi connectivity index (χ0n) is 21.4. The van der Waals surface area contributed by atoms with E-state index in [-0.39, 0.29) is 36.6 Å². The van der Waals surface area contributed by atoms with Crippen molar-refractivity contribution in [2.45, 2.75) is 64.5 Å². The highest BCUT2D eigenvalue weighted by atomic mass is 19.4. The maximum Gasteiger partial charge on any atom is 0.416 e. The highest BCUT2D eigenvalue weighted by Gasteiger charge is 2.34. The number of rotatable bonds is 10. The molecule has 1 aromatic carbocycles. The van der Waals surface area contributed by atoms with Crippen LogP contribution >= 0.6 is 0 Å². The van der Waals surface area contributed by atoms with Crippen molar-refractivity contribution >= 4 is 12.0 Å². The number of nitrogens with zero attached hydrogens (tertiary/aromatic N) is 4. The summed E-state index contributed by atoms with van der Waals surface area (Å²) in [6.45, 7) is 6.92. The molecule has 0 saturated heterocycles. The number of halogens is 3. The van der Waals surface area contributed by atoms with Gasteiger partial charge in [0.05, 0.1) is 17.8 Å². The second-order valence-corrected chi connectivity index (χ2v) is 9.63. The number of likely N-dealkylation sites (N-methyl/N-ethyl adjacent to an activating group) is 1. The fourth-order valence-electron chi connectivity index (χ4n) is 3.30. The standard InChI is InChI=1S/C24H32F3N5O5/c1-6-35-13-36-17-11-15(24(25,26)27)9-10-16(17)20-19(14-7-8-14)29-21(31-30-20)28-18(33)12-32(5)22(34)37-23(2,3)4/h9-11,14,18,33H,6-8,12-13H2,1-5H3,(H,28,29,31). The van der Waals surface area contributed by atoms with Crippen molar-refractivity contribution in [3.63, 3.8) is 0 Å². The van der Waals surface area contributed by atoms with Crippen molar-refractivity contribution in [2.75, 3.05) is 32.3 Å². The Bertz CT molecular complexity index is 1090. The summed E-state index contributed by atoms with van der Waals surface area (Å²) in [6, 6.07) is 3.12. The highest BCUT2D eigenvalue weighted by molar-refractivity contribution is 5.71. The van der Waals surface area contributed by atoms with Gasteiger partial charge in [0.2, 0.25) is 5.95 Å². The lowest BCUT2D eigenvalue weighted by Crippen LogP contribution is -2.41. The van der Waals surface area contributed by atoms with E-state index in [2.05, 4.69) is 20.5 Å². The molecule has 1 fully saturated rings. The summed E-state index contributed by atoms with van der Waals surface area (Å²) in [5.74, 6) is -0.00453. The number of ether oxygens (including phenoxy) is 3. The van der Waals surface area contributed by atoms with Crippen LogP contribution in [0.2, 0.25) is 0 Å². The summed E-state index contributed by atoms with van der Waals surface area (Å²) in [7, 11) is 1.48. The molecule has 1 aliphatic carbocycles. The smallest absolute Gasteiger partial charge is 0.416 e. The average molecular weight is 528 g/mol. The zero-order chi connectivity index (χ0) is 27.4. The third-order valence-corrected chi connectivity index (χ3v) is 5.19. The summed E-state index contributed by atoms with van der Waals surface area (Å²) in [5, 5.41) is 21.3. The predicted octanol–water partition coefficient (Wildman–Crippen LogP) is 4.40. The van der Waals surface area contributed by atoms with Gasteiger partial charge in [0.1, 0.15) is 23.3 Å². The van der Waals surface area contributed by atoms with Gasteiger partial charge in [0.25, 0.3) is 0 Å². The van der Waals surface area contributed by atoms with Crippen LogP contribution in [0.25, 0.3) is 11.3 Å². The van der Waals surface area contributed by atoms with Crippen LogP contribution in [0.3, 0.4) is 0 Å². The number of aliphatic hydroxyl groups is 1. The average Bonchev–Trinajstić information content (AvgIpc) is 3.63. The SMILES string of the molecule is CCOCOc1cc(C(F)(F)F)ccc1-c1nnc(NC(O)CN(C)C(=O)OC(C)(C)C)nc1C1CC1. The third-order valence-electron chi connectivity index (χ3n) is 5.19. The number of aromatic nitrogens is 3. The van der Waals surface area contributed by atoms with Crippen LogP contribution in [0.1, 0.15) is 57.7 Å². The molecule has 0 spiro atoms. The molecule has 1 atom stereocenters. The largest absolute Gasteiger partial charge is 0.467 e. The monoisotopic (exact) mass is 527 g/mol. The zero-order valence-corrected chi connectivity index (χ0v) is 21.4. The first-order valence-electron chi connectivity index (χ1n) is 11.8. The van der Waals surface area contributed by atoms with E-state index in [0.29, 0.717) is 17.9 Å². The summed E-state index contributed by atoms with van der Waals surface area (Å²) in [5.41, 5.74) is -0.451. The first-order chi connectivity index (χ1) is 17.3. The number of aliphatic hydroxyl groups excluding tert-OH is 1. The predicted molar refractivity (Wildman–Crippen MR) is 128 cm³/mol. The van der Waals surface area contributed by atoms with E-state index >= 15 is 0 Å². The number of amides is 1. The van der Waals surface area contributed by atoms with E-state index in [4.69, 9.17) is 14.2 Å². The molecular formula is C24H32F3N5O5. The number of alkyl halides is 3. The Balaban J connectivity index is 1.83. The van der Waals surface area contributed by atoms with Crippen LogP contribution in [0.4, 0.5) is 23.9 Å². The number of anilines is 1. The lowest BCUT2D eigenvalue weighted by Gasteiger charge is -2.26. The first-order valence-corrected chi connectivity index (χ1v) is 11.8. The number of benzene rings is 1. The van der Waals surface area contributed by atoms with Crippen LogP contribution in [0, 0.1) is 0 Å². The van der Waals surface area contributed by atoms with E-state index in [0.717, 1.165) is 25.0 Å². The van der Waals surface area contributed by atoms with E-state index < -0.39 is 29.7 Å². The van der Waals surface area contributed by atoms with Gasteiger partial charge in [-0.05, 0) is 58.7 Å². The topological polar surface area (TPSA) is 119 Å². The number of carbonyl (C=O) groups excluding carboxylic acids is 1. The number of nitrogens with one attached hydrogen (secondary N) is 1. The van der Waals surface area contributed by atoms with E-state index in [1.807, 2.05) is 0 Å². The molecule has 1 aliphatic rings. The molecule has 2 N–H and O–H groups in total. The maximum atomic E-state index is 13.3. The molecule has 1 heterocycles. The molecule has 1 amide bonds. The molecule has 10 nitrogen and oxygen atoms in total. The van der Waals surface area contributed by atoms with E-state index in [1.54, 1.807) is 27.7 Å². The lowest BCUT2D eigenvalue weighted by atomic mass is 10.0. The van der Waals surface area contributed by atoms with Gasteiger partial charge in [-0.1, -0.05) is 0 Å². The molecule has 1 aromatic heterocycles. The van der Waals surface area contributed by atoms with Crippen molar-refractivity contribution in [1.82, 2.24) is 20.1 Å². The van der Waals surface area contributed by atoms with Crippen molar-refractivity contribution in [3.05, 3.63) is 29.5 Å². The Morgan fingerprint density at radius 3 is 2.54 bits per heavy atom. The van der Waals surface area contributed by atoms with Crippen molar-refractivity contribution in [2.24, 2.45) is 0 Å². The summed E-state index contributed by atoms with van der Waals surface area (Å²) in [6.07, 6.45) is -4.74. The van der Waals surface area contributed by atoms with Gasteiger partial charge < -0.3 is 29.5 Å². The van der Waals surface area contributed by atoms with Crippen molar-refractivity contribution in [1.29, 1.82) is 0 Å². The molecular weight excluding hydrogens is 495 g/mol. The second kappa shape index (κ2) is 11.5. The Morgan fingerprint density at radius 2 is 1.95 bits per heavy atom. The van der Waals surface area contributed by atoms with E-state index in [1.165, 1.54) is 18.0 Å². The molecule has 0 bridgehead atoms. The molecule has 1 unspecified atom stereocenters. The van der Waals surface area contributed by atoms with E-state index in [9.17, 15) is 23.1 Å². The minimum Gasteiger partial charge on any atom is -0.467 e. The fraction of sp³-hybridized carbons (Fsp3) is 0.583. The van der Waals surface area contributed by atoms with Gasteiger partial charge in [-0.3, -0.25) is 0 Å². The Kier molecular flexibility index (Phi) is 8.80.